The number of ether oxygens (including phenoxy) is 2. The lowest BCUT2D eigenvalue weighted by molar-refractivity contribution is -0.114. The molecule has 3 atom stereocenters. The molecule has 1 fully saturated rings. The normalized spacial score (nSPS) is 28.3. The van der Waals surface area contributed by atoms with Gasteiger partial charge in [0.1, 0.15) is 29.3 Å². The lowest BCUT2D eigenvalue weighted by Gasteiger charge is -2.15. The number of esters is 1. The Morgan fingerprint density at radius 2 is 1.96 bits per heavy atom. The fraction of sp³-hybridized carbons (Fsp3) is 0.333. The Hall–Kier alpha value is -2.60. The van der Waals surface area contributed by atoms with Crippen molar-refractivity contribution < 1.29 is 29.3 Å². The van der Waals surface area contributed by atoms with Crippen LogP contribution in [0.2, 0.25) is 0 Å². The average molecular weight is 330 g/mol. The third kappa shape index (κ3) is 3.65. The molecule has 24 heavy (non-hydrogen) atoms. The van der Waals surface area contributed by atoms with E-state index in [1.165, 1.54) is 12.1 Å². The zero-order valence-electron chi connectivity index (χ0n) is 13.1. The maximum absolute atomic E-state index is 12.4. The van der Waals surface area contributed by atoms with Crippen molar-refractivity contribution in [3.05, 3.63) is 47.6 Å². The number of aromatic hydroxyl groups is 2. The van der Waals surface area contributed by atoms with Gasteiger partial charge in [0.15, 0.2) is 5.78 Å². The molecule has 1 saturated heterocycles. The van der Waals surface area contributed by atoms with Gasteiger partial charge < -0.3 is 19.7 Å². The molecule has 6 heteroatoms. The molecule has 2 N–H and O–H groups in total. The number of rotatable bonds is 0. The summed E-state index contributed by atoms with van der Waals surface area (Å²) in [6, 6.07) is 2.34. The number of allylic oxidation sites excluding steroid dienone is 3. The molecule has 3 rings (SSSR count). The Kier molecular flexibility index (Phi) is 4.40. The van der Waals surface area contributed by atoms with Crippen LogP contribution in [0.4, 0.5) is 0 Å². The Morgan fingerprint density at radius 3 is 2.75 bits per heavy atom. The third-order valence-corrected chi connectivity index (χ3v) is 3.94. The monoisotopic (exact) mass is 330 g/mol. The summed E-state index contributed by atoms with van der Waals surface area (Å²) in [5, 5.41) is 19.7. The van der Waals surface area contributed by atoms with Gasteiger partial charge in [0.05, 0.1) is 6.10 Å². The van der Waals surface area contributed by atoms with Gasteiger partial charge in [-0.3, -0.25) is 4.79 Å². The number of carbonyl (C=O) groups is 2. The molecule has 0 aliphatic carbocycles. The van der Waals surface area contributed by atoms with E-state index in [4.69, 9.17) is 9.47 Å². The van der Waals surface area contributed by atoms with Crippen molar-refractivity contribution in [2.24, 2.45) is 0 Å². The second-order valence-corrected chi connectivity index (χ2v) is 5.98. The van der Waals surface area contributed by atoms with Crippen LogP contribution in [0.15, 0.2) is 36.4 Å². The van der Waals surface area contributed by atoms with E-state index in [2.05, 4.69) is 0 Å². The van der Waals surface area contributed by atoms with E-state index in [-0.39, 0.29) is 41.3 Å². The molecule has 0 spiro atoms. The number of phenols is 2. The molecule has 1 aromatic carbocycles. The molecule has 0 amide bonds. The molecule has 2 aliphatic heterocycles. The first kappa shape index (κ1) is 16.3. The van der Waals surface area contributed by atoms with E-state index >= 15 is 0 Å². The fourth-order valence-corrected chi connectivity index (χ4v) is 2.76. The van der Waals surface area contributed by atoms with Gasteiger partial charge in [0, 0.05) is 18.9 Å². The van der Waals surface area contributed by atoms with Crippen molar-refractivity contribution >= 4 is 11.8 Å². The molecule has 3 unspecified atom stereocenters. The number of hydrogen-bond acceptors (Lipinski definition) is 6. The van der Waals surface area contributed by atoms with Gasteiger partial charge in [0.25, 0.3) is 0 Å². The zero-order chi connectivity index (χ0) is 17.3. The predicted octanol–water partition coefficient (Wildman–Crippen LogP) is 2.04. The second-order valence-electron chi connectivity index (χ2n) is 5.98. The highest BCUT2D eigenvalue weighted by molar-refractivity contribution is 5.98. The first-order chi connectivity index (χ1) is 11.4. The summed E-state index contributed by atoms with van der Waals surface area (Å²) in [5.41, 5.74) is 0.128. The molecule has 0 aromatic heterocycles. The van der Waals surface area contributed by atoms with Gasteiger partial charge in [-0.25, -0.2) is 4.79 Å². The number of carbonyl (C=O) groups excluding carboxylic acids is 2. The van der Waals surface area contributed by atoms with Crippen LogP contribution in [-0.4, -0.2) is 40.3 Å². The van der Waals surface area contributed by atoms with Crippen LogP contribution in [0.25, 0.3) is 0 Å². The van der Waals surface area contributed by atoms with Crippen LogP contribution in [0, 0.1) is 0 Å². The molecule has 6 nitrogen and oxygen atoms in total. The van der Waals surface area contributed by atoms with Crippen LogP contribution in [0.1, 0.15) is 29.3 Å². The van der Waals surface area contributed by atoms with Crippen molar-refractivity contribution in [2.45, 2.75) is 38.1 Å². The van der Waals surface area contributed by atoms with E-state index < -0.39 is 17.8 Å². The summed E-state index contributed by atoms with van der Waals surface area (Å²) in [5.74, 6) is -1.63. The quantitative estimate of drug-likeness (QED) is 0.558. The standard InChI is InChI=1S/C18H18O6/c1-10-6-16-15(24-16)5-3-2-4-12(19)7-11-8-13(20)9-14(21)17(11)18(22)23-10/h2-5,8-10,15-16,20-21H,6-7H2,1H3/b4-2+,5-3?. The largest absolute Gasteiger partial charge is 0.508 e. The molecule has 126 valence electrons. The number of cyclic esters (lactones) is 1. The summed E-state index contributed by atoms with van der Waals surface area (Å²) in [6.07, 6.45) is 6.51. The number of fused-ring (bicyclic) bond motifs is 2. The molecule has 2 aliphatic rings. The topological polar surface area (TPSA) is 96.4 Å². The van der Waals surface area contributed by atoms with Gasteiger partial charge in [-0.05, 0) is 24.6 Å². The van der Waals surface area contributed by atoms with Gasteiger partial charge in [-0.2, -0.15) is 0 Å². The molecular formula is C18H18O6. The van der Waals surface area contributed by atoms with Gasteiger partial charge in [-0.15, -0.1) is 0 Å². The van der Waals surface area contributed by atoms with E-state index in [0.29, 0.717) is 6.42 Å². The Morgan fingerprint density at radius 1 is 1.17 bits per heavy atom. The van der Waals surface area contributed by atoms with Crippen LogP contribution < -0.4 is 0 Å². The van der Waals surface area contributed by atoms with Crippen molar-refractivity contribution in [3.8, 4) is 11.5 Å². The maximum atomic E-state index is 12.4. The summed E-state index contributed by atoms with van der Waals surface area (Å²) in [6.45, 7) is 1.74. The van der Waals surface area contributed by atoms with E-state index in [1.54, 1.807) is 19.1 Å². The Bertz CT molecular complexity index is 733. The smallest absolute Gasteiger partial charge is 0.342 e. The Balaban J connectivity index is 1.96. The van der Waals surface area contributed by atoms with E-state index in [9.17, 15) is 19.8 Å². The number of phenolic OH excluding ortho intramolecular Hbond substituents is 2. The number of hydrogen-bond donors (Lipinski definition) is 2. The van der Waals surface area contributed by atoms with Crippen LogP contribution in [0.3, 0.4) is 0 Å². The Labute approximate surface area is 139 Å². The molecule has 1 aromatic rings. The van der Waals surface area contributed by atoms with Gasteiger partial charge in [-0.1, -0.05) is 18.2 Å². The van der Waals surface area contributed by atoms with E-state index in [1.807, 2.05) is 6.08 Å². The van der Waals surface area contributed by atoms with Crippen LogP contribution >= 0.6 is 0 Å². The van der Waals surface area contributed by atoms with Gasteiger partial charge in [0.2, 0.25) is 0 Å². The average Bonchev–Trinajstić information content (AvgIpc) is 3.19. The SMILES string of the molecule is CC1CC2OC2C=C/C=C/C(=O)Cc2cc(O)cc(O)c2C(=O)O1. The maximum Gasteiger partial charge on any atom is 0.342 e. The minimum atomic E-state index is -0.725. The number of benzene rings is 1. The lowest BCUT2D eigenvalue weighted by atomic mass is 10.00. The van der Waals surface area contributed by atoms with Crippen molar-refractivity contribution in [1.29, 1.82) is 0 Å². The van der Waals surface area contributed by atoms with Crippen molar-refractivity contribution in [1.82, 2.24) is 0 Å². The molecular weight excluding hydrogens is 312 g/mol. The lowest BCUT2D eigenvalue weighted by Crippen LogP contribution is -2.19. The minimum Gasteiger partial charge on any atom is -0.508 e. The van der Waals surface area contributed by atoms with Crippen LogP contribution in [-0.2, 0) is 20.7 Å². The molecule has 0 bridgehead atoms. The van der Waals surface area contributed by atoms with Crippen molar-refractivity contribution in [3.63, 3.8) is 0 Å². The molecule has 0 radical (unpaired) electrons. The highest BCUT2D eigenvalue weighted by Gasteiger charge is 2.38. The minimum absolute atomic E-state index is 0.0241. The van der Waals surface area contributed by atoms with Crippen molar-refractivity contribution in [2.75, 3.05) is 0 Å². The first-order valence-electron chi connectivity index (χ1n) is 7.73. The molecule has 2 heterocycles. The second kappa shape index (κ2) is 6.49. The van der Waals surface area contributed by atoms with Gasteiger partial charge >= 0.3 is 5.97 Å². The highest BCUT2D eigenvalue weighted by atomic mass is 16.6. The molecule has 0 saturated carbocycles. The van der Waals surface area contributed by atoms with Crippen LogP contribution in [0.5, 0.6) is 11.5 Å². The predicted molar refractivity (Wildman–Crippen MR) is 84.9 cm³/mol. The number of epoxide rings is 1. The summed E-state index contributed by atoms with van der Waals surface area (Å²) >= 11 is 0. The van der Waals surface area contributed by atoms with E-state index in [0.717, 1.165) is 6.07 Å². The highest BCUT2D eigenvalue weighted by Crippen LogP contribution is 2.31. The summed E-state index contributed by atoms with van der Waals surface area (Å²) in [7, 11) is 0. The number of ketones is 1. The first-order valence-corrected chi connectivity index (χ1v) is 7.73. The fourth-order valence-electron chi connectivity index (χ4n) is 2.76. The summed E-state index contributed by atoms with van der Waals surface area (Å²) < 4.78 is 10.8. The zero-order valence-corrected chi connectivity index (χ0v) is 13.1. The third-order valence-electron chi connectivity index (χ3n) is 3.94. The summed E-state index contributed by atoms with van der Waals surface area (Å²) in [4.78, 5) is 24.4.